The zero-order chi connectivity index (χ0) is 15.6. The summed E-state index contributed by atoms with van der Waals surface area (Å²) in [5, 5.41) is 7.91. The molecule has 0 saturated carbocycles. The van der Waals surface area contributed by atoms with Gasteiger partial charge in [0.15, 0.2) is 0 Å². The van der Waals surface area contributed by atoms with Crippen LogP contribution in [0, 0.1) is 0 Å². The minimum atomic E-state index is -4.53. The fraction of sp³-hybridized carbons (Fsp3) is 0.273. The first-order valence-electron chi connectivity index (χ1n) is 5.56. The second kappa shape index (κ2) is 6.37. The fourth-order valence-corrected chi connectivity index (χ4v) is 3.14. The predicted octanol–water partition coefficient (Wildman–Crippen LogP) is 3.90. The maximum Gasteiger partial charge on any atom is 0.408 e. The van der Waals surface area contributed by atoms with E-state index >= 15 is 0 Å². The molecule has 0 atom stereocenters. The number of rotatable bonds is 4. The Labute approximate surface area is 134 Å². The number of alkyl halides is 3. The summed E-state index contributed by atoms with van der Waals surface area (Å²) in [5.41, 5.74) is -0.787. The highest BCUT2D eigenvalue weighted by Gasteiger charge is 2.29. The maximum absolute atomic E-state index is 12.3. The van der Waals surface area contributed by atoms with E-state index in [9.17, 15) is 18.0 Å². The zero-order valence-corrected chi connectivity index (χ0v) is 13.4. The van der Waals surface area contributed by atoms with E-state index in [1.54, 1.807) is 0 Å². The lowest BCUT2D eigenvalue weighted by Gasteiger charge is -2.11. The quantitative estimate of drug-likeness (QED) is 0.844. The molecular weight excluding hydrogens is 395 g/mol. The molecule has 0 aromatic carbocycles. The van der Waals surface area contributed by atoms with Crippen LogP contribution in [-0.4, -0.2) is 16.0 Å². The smallest absolute Gasteiger partial charge is 0.377 e. The van der Waals surface area contributed by atoms with Gasteiger partial charge in [0.2, 0.25) is 0 Å². The fourth-order valence-electron chi connectivity index (χ4n) is 1.50. The molecule has 0 amide bonds. The highest BCUT2D eigenvalue weighted by molar-refractivity contribution is 9.10. The molecule has 21 heavy (non-hydrogen) atoms. The van der Waals surface area contributed by atoms with Gasteiger partial charge in [-0.25, -0.2) is 4.68 Å². The molecule has 4 nitrogen and oxygen atoms in total. The SMILES string of the molecule is O=c1c(Cl)c(NCc2sccc2Br)cnn1CC(F)(F)F. The number of hydrogen-bond acceptors (Lipinski definition) is 4. The predicted molar refractivity (Wildman–Crippen MR) is 78.9 cm³/mol. The van der Waals surface area contributed by atoms with Gasteiger partial charge in [0, 0.05) is 9.35 Å². The molecule has 0 spiro atoms. The summed E-state index contributed by atoms with van der Waals surface area (Å²) < 4.78 is 38.0. The molecule has 0 aliphatic rings. The Bertz CT molecular complexity index is 701. The number of halogens is 5. The van der Waals surface area contributed by atoms with Crippen LogP contribution in [0.2, 0.25) is 5.02 Å². The summed E-state index contributed by atoms with van der Waals surface area (Å²) in [6.07, 6.45) is -3.42. The first kappa shape index (κ1) is 16.3. The van der Waals surface area contributed by atoms with Gasteiger partial charge in [-0.3, -0.25) is 4.79 Å². The first-order valence-corrected chi connectivity index (χ1v) is 7.61. The van der Waals surface area contributed by atoms with Crippen molar-refractivity contribution in [2.75, 3.05) is 5.32 Å². The third-order valence-corrected chi connectivity index (χ3v) is 4.74. The van der Waals surface area contributed by atoms with E-state index in [0.717, 1.165) is 15.5 Å². The molecule has 2 aromatic rings. The molecule has 0 saturated heterocycles. The summed E-state index contributed by atoms with van der Waals surface area (Å²) in [4.78, 5) is 12.7. The second-order valence-corrected chi connectivity index (χ2v) is 6.23. The number of aromatic nitrogens is 2. The maximum atomic E-state index is 12.3. The van der Waals surface area contributed by atoms with Gasteiger partial charge in [-0.05, 0) is 27.4 Å². The average molecular weight is 403 g/mol. The van der Waals surface area contributed by atoms with Crippen LogP contribution in [-0.2, 0) is 13.1 Å². The molecule has 1 N–H and O–H groups in total. The minimum Gasteiger partial charge on any atom is -0.377 e. The molecule has 0 unspecified atom stereocenters. The molecule has 2 rings (SSSR count). The molecule has 2 heterocycles. The molecule has 2 aromatic heterocycles. The van der Waals surface area contributed by atoms with Crippen molar-refractivity contribution >= 4 is 44.6 Å². The Kier molecular flexibility index (Phi) is 4.95. The first-order chi connectivity index (χ1) is 9.78. The highest BCUT2D eigenvalue weighted by Crippen LogP contribution is 2.25. The largest absolute Gasteiger partial charge is 0.408 e. The van der Waals surface area contributed by atoms with E-state index in [1.165, 1.54) is 11.3 Å². The van der Waals surface area contributed by atoms with E-state index in [0.29, 0.717) is 6.54 Å². The molecule has 0 fully saturated rings. The van der Waals surface area contributed by atoms with Crippen molar-refractivity contribution in [3.63, 3.8) is 0 Å². The van der Waals surface area contributed by atoms with Crippen molar-refractivity contribution in [2.45, 2.75) is 19.3 Å². The standard InChI is InChI=1S/C11H8BrClF3N3OS/c12-6-1-2-21-8(6)4-17-7-3-18-19(5-11(14,15)16)10(20)9(7)13/h1-3,17H,4-5H2. The summed E-state index contributed by atoms with van der Waals surface area (Å²) in [5.74, 6) is 0. The number of thiophene rings is 1. The van der Waals surface area contributed by atoms with Crippen LogP contribution in [0.4, 0.5) is 18.9 Å². The monoisotopic (exact) mass is 401 g/mol. The molecule has 0 bridgehead atoms. The molecular formula is C11H8BrClF3N3OS. The summed E-state index contributed by atoms with van der Waals surface area (Å²) in [7, 11) is 0. The van der Waals surface area contributed by atoms with E-state index in [-0.39, 0.29) is 15.4 Å². The average Bonchev–Trinajstić information content (AvgIpc) is 2.78. The number of nitrogens with zero attached hydrogens (tertiary/aromatic N) is 2. The van der Waals surface area contributed by atoms with Crippen molar-refractivity contribution in [3.8, 4) is 0 Å². The molecule has 0 aliphatic carbocycles. The van der Waals surface area contributed by atoms with Gasteiger partial charge in [-0.2, -0.15) is 18.3 Å². The third-order valence-electron chi connectivity index (χ3n) is 2.44. The molecule has 0 radical (unpaired) electrons. The Hall–Kier alpha value is -1.06. The van der Waals surface area contributed by atoms with Crippen LogP contribution < -0.4 is 10.9 Å². The van der Waals surface area contributed by atoms with Crippen LogP contribution in [0.5, 0.6) is 0 Å². The molecule has 114 valence electrons. The van der Waals surface area contributed by atoms with Crippen molar-refractivity contribution in [1.82, 2.24) is 9.78 Å². The Balaban J connectivity index is 2.17. The molecule has 0 aliphatic heterocycles. The van der Waals surface area contributed by atoms with Crippen LogP contribution in [0.1, 0.15) is 4.88 Å². The summed E-state index contributed by atoms with van der Waals surface area (Å²) >= 11 is 10.6. The lowest BCUT2D eigenvalue weighted by Crippen LogP contribution is -2.30. The minimum absolute atomic E-state index is 0.195. The zero-order valence-electron chi connectivity index (χ0n) is 10.2. The van der Waals surface area contributed by atoms with Gasteiger partial charge in [0.25, 0.3) is 5.56 Å². The van der Waals surface area contributed by atoms with Gasteiger partial charge in [-0.15, -0.1) is 11.3 Å². The van der Waals surface area contributed by atoms with Gasteiger partial charge >= 0.3 is 6.18 Å². The second-order valence-electron chi connectivity index (χ2n) is 4.00. The lowest BCUT2D eigenvalue weighted by molar-refractivity contribution is -0.143. The van der Waals surface area contributed by atoms with Crippen molar-refractivity contribution in [2.24, 2.45) is 0 Å². The molecule has 10 heteroatoms. The topological polar surface area (TPSA) is 46.9 Å². The van der Waals surface area contributed by atoms with E-state index in [4.69, 9.17) is 11.6 Å². The van der Waals surface area contributed by atoms with Gasteiger partial charge in [0.05, 0.1) is 18.4 Å². The highest BCUT2D eigenvalue weighted by atomic mass is 79.9. The Morgan fingerprint density at radius 2 is 2.19 bits per heavy atom. The van der Waals surface area contributed by atoms with Crippen molar-refractivity contribution in [1.29, 1.82) is 0 Å². The van der Waals surface area contributed by atoms with Crippen LogP contribution in [0.25, 0.3) is 0 Å². The normalized spacial score (nSPS) is 11.7. The van der Waals surface area contributed by atoms with Crippen molar-refractivity contribution in [3.05, 3.63) is 42.4 Å². The Morgan fingerprint density at radius 1 is 1.48 bits per heavy atom. The van der Waals surface area contributed by atoms with Crippen LogP contribution >= 0.6 is 38.9 Å². The van der Waals surface area contributed by atoms with Gasteiger partial charge in [-0.1, -0.05) is 11.6 Å². The van der Waals surface area contributed by atoms with E-state index in [1.807, 2.05) is 11.4 Å². The third kappa shape index (κ3) is 4.21. The van der Waals surface area contributed by atoms with E-state index in [2.05, 4.69) is 26.3 Å². The number of anilines is 1. The van der Waals surface area contributed by atoms with Crippen molar-refractivity contribution < 1.29 is 13.2 Å². The van der Waals surface area contributed by atoms with E-state index < -0.39 is 18.3 Å². The van der Waals surface area contributed by atoms with Gasteiger partial charge < -0.3 is 5.32 Å². The number of hydrogen-bond donors (Lipinski definition) is 1. The number of nitrogens with one attached hydrogen (secondary N) is 1. The summed E-state index contributed by atoms with van der Waals surface area (Å²) in [6, 6.07) is 1.86. The Morgan fingerprint density at radius 3 is 2.76 bits per heavy atom. The van der Waals surface area contributed by atoms with Gasteiger partial charge in [0.1, 0.15) is 11.6 Å². The summed E-state index contributed by atoms with van der Waals surface area (Å²) in [6.45, 7) is -1.09. The lowest BCUT2D eigenvalue weighted by atomic mass is 10.4. The van der Waals surface area contributed by atoms with Crippen LogP contribution in [0.15, 0.2) is 26.9 Å². The van der Waals surface area contributed by atoms with Crippen LogP contribution in [0.3, 0.4) is 0 Å².